The normalized spacial score (nSPS) is 29.1. The van der Waals surface area contributed by atoms with E-state index in [1.807, 2.05) is 0 Å². The van der Waals surface area contributed by atoms with Crippen molar-refractivity contribution in [1.82, 2.24) is 4.90 Å². The third-order valence-corrected chi connectivity index (χ3v) is 4.31. The second-order valence-corrected chi connectivity index (χ2v) is 5.65. The fourth-order valence-electron chi connectivity index (χ4n) is 2.89. The van der Waals surface area contributed by atoms with Gasteiger partial charge in [-0.15, -0.1) is 0 Å². The van der Waals surface area contributed by atoms with Crippen LogP contribution >= 0.6 is 0 Å². The van der Waals surface area contributed by atoms with Crippen LogP contribution in [0.1, 0.15) is 19.3 Å². The van der Waals surface area contributed by atoms with Crippen molar-refractivity contribution in [2.45, 2.75) is 43.8 Å². The van der Waals surface area contributed by atoms with E-state index >= 15 is 0 Å². The lowest BCUT2D eigenvalue weighted by atomic mass is 9.85. The number of nitrogens with two attached hydrogens (primary N) is 1. The van der Waals surface area contributed by atoms with E-state index in [2.05, 4.69) is 0 Å². The molecule has 0 bridgehead atoms. The van der Waals surface area contributed by atoms with E-state index in [0.717, 1.165) is 0 Å². The molecule has 0 saturated carbocycles. The first-order valence-corrected chi connectivity index (χ1v) is 6.79. The fraction of sp³-hybridized carbons (Fsp3) is 0.917. The monoisotopic (exact) mass is 334 g/mol. The number of hydrogen-bond donors (Lipinski definition) is 1. The van der Waals surface area contributed by atoms with E-state index in [4.69, 9.17) is 10.5 Å². The molecule has 2 aliphatic rings. The molecule has 4 nitrogen and oxygen atoms in total. The number of nitrogens with zero attached hydrogens (tertiary/aromatic N) is 1. The van der Waals surface area contributed by atoms with Crippen LogP contribution in [0, 0.1) is 5.41 Å². The smallest absolute Gasteiger partial charge is 0.364 e. The van der Waals surface area contributed by atoms with Gasteiger partial charge < -0.3 is 15.4 Å². The number of ether oxygens (including phenoxy) is 1. The van der Waals surface area contributed by atoms with Crippen LogP contribution in [0.5, 0.6) is 0 Å². The van der Waals surface area contributed by atoms with Gasteiger partial charge in [0.2, 0.25) is 0 Å². The second kappa shape index (κ2) is 5.55. The van der Waals surface area contributed by atoms with Crippen molar-refractivity contribution in [1.29, 1.82) is 0 Å². The van der Waals surface area contributed by atoms with E-state index in [1.165, 1.54) is 0 Å². The van der Waals surface area contributed by atoms with Gasteiger partial charge in [-0.2, -0.15) is 26.3 Å². The number of hydrogen-bond acceptors (Lipinski definition) is 3. The molecule has 2 saturated heterocycles. The van der Waals surface area contributed by atoms with Crippen LogP contribution in [0.2, 0.25) is 0 Å². The summed E-state index contributed by atoms with van der Waals surface area (Å²) in [6.07, 6.45) is -12.8. The molecule has 128 valence electrons. The molecule has 2 fully saturated rings. The Hall–Kier alpha value is -1.03. The molecule has 1 amide bonds. The van der Waals surface area contributed by atoms with Gasteiger partial charge in [-0.05, 0) is 19.3 Å². The highest BCUT2D eigenvalue weighted by molar-refractivity contribution is 5.81. The number of carbonyl (C=O) groups excluding carboxylic acids is 1. The Balaban J connectivity index is 2.12. The first kappa shape index (κ1) is 17.3. The molecule has 0 aromatic rings. The largest absolute Gasteiger partial charge is 0.404 e. The Bertz CT molecular complexity index is 422. The van der Waals surface area contributed by atoms with Gasteiger partial charge in [0.15, 0.2) is 5.41 Å². The second-order valence-electron chi connectivity index (χ2n) is 5.65. The molecule has 0 aromatic heterocycles. The number of amides is 1. The summed E-state index contributed by atoms with van der Waals surface area (Å²) >= 11 is 0. The molecule has 2 atom stereocenters. The van der Waals surface area contributed by atoms with Crippen LogP contribution in [-0.2, 0) is 9.53 Å². The molecule has 2 heterocycles. The highest BCUT2D eigenvalue weighted by Crippen LogP contribution is 2.55. The third kappa shape index (κ3) is 2.78. The number of alkyl halides is 6. The summed E-state index contributed by atoms with van der Waals surface area (Å²) in [6, 6.07) is 0. The first-order valence-electron chi connectivity index (χ1n) is 6.79. The number of rotatable bonds is 2. The molecule has 0 radical (unpaired) electrons. The third-order valence-electron chi connectivity index (χ3n) is 4.31. The van der Waals surface area contributed by atoms with Crippen molar-refractivity contribution in [2.75, 3.05) is 19.6 Å². The summed E-state index contributed by atoms with van der Waals surface area (Å²) in [6.45, 7) is -1.85. The van der Waals surface area contributed by atoms with E-state index < -0.39 is 49.3 Å². The molecule has 2 rings (SSSR count). The lowest BCUT2D eigenvalue weighted by molar-refractivity contribution is -0.335. The number of carbonyl (C=O) groups is 1. The van der Waals surface area contributed by atoms with Crippen molar-refractivity contribution < 1.29 is 35.9 Å². The van der Waals surface area contributed by atoms with Crippen molar-refractivity contribution in [3.05, 3.63) is 0 Å². The van der Waals surface area contributed by atoms with Crippen LogP contribution < -0.4 is 5.73 Å². The Morgan fingerprint density at radius 1 is 1.18 bits per heavy atom. The summed E-state index contributed by atoms with van der Waals surface area (Å²) in [4.78, 5) is 12.7. The molecular formula is C12H16F6N2O2. The predicted molar refractivity (Wildman–Crippen MR) is 62.7 cm³/mol. The highest BCUT2D eigenvalue weighted by Gasteiger charge is 2.73. The molecule has 0 aliphatic carbocycles. The Kier molecular flexibility index (Phi) is 4.37. The molecule has 22 heavy (non-hydrogen) atoms. The van der Waals surface area contributed by atoms with E-state index in [-0.39, 0.29) is 19.1 Å². The molecule has 0 unspecified atom stereocenters. The summed E-state index contributed by atoms with van der Waals surface area (Å²) in [5.74, 6) is -0.827. The van der Waals surface area contributed by atoms with Gasteiger partial charge in [0.05, 0.1) is 6.10 Å². The zero-order chi connectivity index (χ0) is 16.8. The van der Waals surface area contributed by atoms with E-state index in [0.29, 0.717) is 11.3 Å². The summed E-state index contributed by atoms with van der Waals surface area (Å²) < 4.78 is 82.9. The van der Waals surface area contributed by atoms with Crippen LogP contribution in [-0.4, -0.2) is 55.0 Å². The number of likely N-dealkylation sites (tertiary alicyclic amines) is 1. The molecule has 0 spiro atoms. The van der Waals surface area contributed by atoms with Crippen LogP contribution in [0.3, 0.4) is 0 Å². The minimum Gasteiger partial charge on any atom is -0.364 e. The Morgan fingerprint density at radius 2 is 1.77 bits per heavy atom. The SMILES string of the molecule is NC[C@H]1CC[C@@H](C(=O)N2CCC(C(F)(F)F)(C(F)(F)F)C2)O1. The minimum absolute atomic E-state index is 0.152. The van der Waals surface area contributed by atoms with Gasteiger partial charge in [0.25, 0.3) is 5.91 Å². The lowest BCUT2D eigenvalue weighted by Gasteiger charge is -2.33. The number of halogens is 6. The molecular weight excluding hydrogens is 318 g/mol. The van der Waals surface area contributed by atoms with E-state index in [9.17, 15) is 31.1 Å². The zero-order valence-electron chi connectivity index (χ0n) is 11.5. The van der Waals surface area contributed by atoms with Crippen molar-refractivity contribution in [2.24, 2.45) is 11.1 Å². The fourth-order valence-corrected chi connectivity index (χ4v) is 2.89. The van der Waals surface area contributed by atoms with Crippen molar-refractivity contribution >= 4 is 5.91 Å². The maximum atomic E-state index is 12.9. The summed E-state index contributed by atoms with van der Waals surface area (Å²) in [7, 11) is 0. The molecule has 2 N–H and O–H groups in total. The lowest BCUT2D eigenvalue weighted by Crippen LogP contribution is -2.52. The van der Waals surface area contributed by atoms with Crippen molar-refractivity contribution in [3.63, 3.8) is 0 Å². The molecule has 0 aromatic carbocycles. The van der Waals surface area contributed by atoms with Gasteiger partial charge in [-0.1, -0.05) is 0 Å². The maximum Gasteiger partial charge on any atom is 0.404 e. The Morgan fingerprint density at radius 3 is 2.18 bits per heavy atom. The predicted octanol–water partition coefficient (Wildman–Crippen LogP) is 1.84. The van der Waals surface area contributed by atoms with Gasteiger partial charge in [-0.3, -0.25) is 4.79 Å². The molecule has 10 heteroatoms. The van der Waals surface area contributed by atoms with Gasteiger partial charge in [-0.25, -0.2) is 0 Å². The topological polar surface area (TPSA) is 55.6 Å². The zero-order valence-corrected chi connectivity index (χ0v) is 11.5. The average Bonchev–Trinajstić information content (AvgIpc) is 3.04. The van der Waals surface area contributed by atoms with Gasteiger partial charge in [0, 0.05) is 19.6 Å². The molecule has 2 aliphatic heterocycles. The van der Waals surface area contributed by atoms with Gasteiger partial charge >= 0.3 is 12.4 Å². The standard InChI is InChI=1S/C12H16F6N2O2/c13-11(14,15)10(12(16,17)18)3-4-20(6-10)9(21)8-2-1-7(5-19)22-8/h7-8H,1-6,19H2/t7-,8+/m1/s1. The highest BCUT2D eigenvalue weighted by atomic mass is 19.4. The van der Waals surface area contributed by atoms with Gasteiger partial charge in [0.1, 0.15) is 6.10 Å². The van der Waals surface area contributed by atoms with Crippen LogP contribution in [0.4, 0.5) is 26.3 Å². The van der Waals surface area contributed by atoms with Crippen LogP contribution in [0.25, 0.3) is 0 Å². The summed E-state index contributed by atoms with van der Waals surface area (Å²) in [5.41, 5.74) is 1.50. The van der Waals surface area contributed by atoms with Crippen LogP contribution in [0.15, 0.2) is 0 Å². The minimum atomic E-state index is -5.46. The van der Waals surface area contributed by atoms with E-state index in [1.54, 1.807) is 0 Å². The average molecular weight is 334 g/mol. The Labute approximate surface area is 122 Å². The summed E-state index contributed by atoms with van der Waals surface area (Å²) in [5, 5.41) is 0. The van der Waals surface area contributed by atoms with Crippen molar-refractivity contribution in [3.8, 4) is 0 Å². The maximum absolute atomic E-state index is 12.9. The quantitative estimate of drug-likeness (QED) is 0.784. The first-order chi connectivity index (χ1) is 10.0.